The van der Waals surface area contributed by atoms with Gasteiger partial charge in [0, 0.05) is 22.5 Å². The van der Waals surface area contributed by atoms with Gasteiger partial charge < -0.3 is 4.57 Å². The molecule has 0 spiro atoms. The maximum atomic E-state index is 5.12. The molecule has 41 heavy (non-hydrogen) atoms. The molecule has 0 radical (unpaired) electrons. The minimum atomic E-state index is 0.0707. The number of aromatic nitrogens is 3. The number of hydrogen-bond donors (Lipinski definition) is 0. The van der Waals surface area contributed by atoms with E-state index in [1.165, 1.54) is 64.1 Å². The molecule has 3 heterocycles. The van der Waals surface area contributed by atoms with E-state index < -0.39 is 0 Å². The second-order valence-corrected chi connectivity index (χ2v) is 14.6. The smallest absolute Gasteiger partial charge is 0.160 e. The van der Waals surface area contributed by atoms with Crippen molar-refractivity contribution in [3.63, 3.8) is 0 Å². The van der Waals surface area contributed by atoms with E-state index in [9.17, 15) is 0 Å². The molecule has 0 saturated carbocycles. The first-order valence-corrected chi connectivity index (χ1v) is 16.0. The fourth-order valence-corrected chi connectivity index (χ4v) is 6.41. The number of unbranched alkanes of at least 4 members (excludes halogenated alkanes) is 3. The van der Waals surface area contributed by atoms with Crippen LogP contribution in [-0.4, -0.2) is 14.5 Å². The van der Waals surface area contributed by atoms with Gasteiger partial charge in [-0.05, 0) is 82.3 Å². The van der Waals surface area contributed by atoms with Gasteiger partial charge in [0.05, 0.1) is 11.0 Å². The van der Waals surface area contributed by atoms with E-state index in [-0.39, 0.29) is 10.8 Å². The van der Waals surface area contributed by atoms with Crippen LogP contribution in [0.2, 0.25) is 0 Å². The summed E-state index contributed by atoms with van der Waals surface area (Å²) in [6.07, 6.45) is 8.29. The number of imidazole rings is 1. The molecule has 0 unspecified atom stereocenters. The van der Waals surface area contributed by atoms with Crippen LogP contribution in [0.4, 0.5) is 0 Å². The van der Waals surface area contributed by atoms with Crippen LogP contribution in [-0.2, 0) is 23.8 Å². The van der Waals surface area contributed by atoms with Crippen LogP contribution in [0.3, 0.4) is 0 Å². The van der Waals surface area contributed by atoms with E-state index in [0.29, 0.717) is 0 Å². The summed E-state index contributed by atoms with van der Waals surface area (Å²) < 4.78 is 2.35. The lowest BCUT2D eigenvalue weighted by molar-refractivity contribution is 0.566. The molecule has 0 aliphatic rings. The number of thiophene rings is 1. The zero-order valence-corrected chi connectivity index (χ0v) is 26.7. The molecule has 0 aliphatic heterocycles. The number of pyridine rings is 1. The monoisotopic (exact) mass is 563 g/mol. The van der Waals surface area contributed by atoms with Crippen molar-refractivity contribution < 1.29 is 0 Å². The van der Waals surface area contributed by atoms with Gasteiger partial charge in [0.25, 0.3) is 0 Å². The second-order valence-electron chi connectivity index (χ2n) is 13.4. The highest BCUT2D eigenvalue weighted by Gasteiger charge is 2.22. The summed E-state index contributed by atoms with van der Waals surface area (Å²) in [6, 6.07) is 24.5. The SMILES string of the molecule is CCCCCCc1ccc(-c2ccnc(-c3nc4ccccc4n3Cc3cc(C(C)(C)C)cc(C(C)(C)C)c3)c2)s1. The van der Waals surface area contributed by atoms with Crippen molar-refractivity contribution >= 4 is 22.4 Å². The van der Waals surface area contributed by atoms with E-state index >= 15 is 0 Å². The molecule has 3 nitrogen and oxygen atoms in total. The topological polar surface area (TPSA) is 30.7 Å². The molecule has 5 aromatic rings. The normalized spacial score (nSPS) is 12.4. The number of para-hydroxylation sites is 2. The molecule has 4 heteroatoms. The zero-order chi connectivity index (χ0) is 29.2. The molecule has 5 rings (SSSR count). The van der Waals surface area contributed by atoms with Gasteiger partial charge in [-0.3, -0.25) is 4.98 Å². The maximum Gasteiger partial charge on any atom is 0.160 e. The molecule has 214 valence electrons. The fraction of sp³-hybridized carbons (Fsp3) is 0.405. The minimum absolute atomic E-state index is 0.0707. The summed E-state index contributed by atoms with van der Waals surface area (Å²) in [5.41, 5.74) is 8.45. The number of fused-ring (bicyclic) bond motifs is 1. The fourth-order valence-electron chi connectivity index (χ4n) is 5.36. The summed E-state index contributed by atoms with van der Waals surface area (Å²) in [7, 11) is 0. The van der Waals surface area contributed by atoms with Crippen molar-refractivity contribution in [1.29, 1.82) is 0 Å². The maximum absolute atomic E-state index is 5.12. The van der Waals surface area contributed by atoms with Crippen LogP contribution in [0.5, 0.6) is 0 Å². The molecule has 3 aromatic heterocycles. The van der Waals surface area contributed by atoms with Gasteiger partial charge in [0.15, 0.2) is 5.82 Å². The van der Waals surface area contributed by atoms with Gasteiger partial charge in [-0.2, -0.15) is 0 Å². The van der Waals surface area contributed by atoms with Crippen LogP contribution in [0.1, 0.15) is 95.7 Å². The van der Waals surface area contributed by atoms with Crippen LogP contribution in [0.15, 0.2) is 72.9 Å². The van der Waals surface area contributed by atoms with E-state index in [1.807, 2.05) is 17.5 Å². The minimum Gasteiger partial charge on any atom is -0.318 e. The van der Waals surface area contributed by atoms with Crippen molar-refractivity contribution in [2.75, 3.05) is 0 Å². The Kier molecular flexibility index (Phi) is 8.52. The van der Waals surface area contributed by atoms with E-state index in [0.717, 1.165) is 29.1 Å². The Morgan fingerprint density at radius 3 is 2.22 bits per heavy atom. The van der Waals surface area contributed by atoms with Crippen molar-refractivity contribution in [2.24, 2.45) is 0 Å². The third-order valence-electron chi connectivity index (χ3n) is 7.93. The number of benzene rings is 2. The molecule has 0 aliphatic carbocycles. The summed E-state index contributed by atoms with van der Waals surface area (Å²) in [5.74, 6) is 0.919. The molecule has 0 bridgehead atoms. The largest absolute Gasteiger partial charge is 0.318 e. The van der Waals surface area contributed by atoms with Gasteiger partial charge in [-0.15, -0.1) is 11.3 Å². The lowest BCUT2D eigenvalue weighted by Gasteiger charge is -2.26. The number of hydrogen-bond acceptors (Lipinski definition) is 3. The predicted molar refractivity (Wildman–Crippen MR) is 177 cm³/mol. The average molecular weight is 564 g/mol. The Bertz CT molecular complexity index is 1590. The Hall–Kier alpha value is -3.24. The molecule has 0 N–H and O–H groups in total. The second kappa shape index (κ2) is 11.9. The van der Waals surface area contributed by atoms with Gasteiger partial charge >= 0.3 is 0 Å². The molecule has 0 atom stereocenters. The van der Waals surface area contributed by atoms with Crippen LogP contribution in [0, 0.1) is 0 Å². The zero-order valence-electron chi connectivity index (χ0n) is 25.9. The van der Waals surface area contributed by atoms with Crippen LogP contribution in [0.25, 0.3) is 33.0 Å². The first-order valence-electron chi connectivity index (χ1n) is 15.2. The molecular formula is C37H45N3S. The first-order chi connectivity index (χ1) is 19.5. The molecule has 0 saturated heterocycles. The van der Waals surface area contributed by atoms with E-state index in [4.69, 9.17) is 9.97 Å². The van der Waals surface area contributed by atoms with Gasteiger partial charge in [-0.25, -0.2) is 4.98 Å². The molecule has 0 fully saturated rings. The predicted octanol–water partition coefficient (Wildman–Crippen LogP) is 10.6. The Balaban J connectivity index is 1.53. The average Bonchev–Trinajstić information content (AvgIpc) is 3.55. The van der Waals surface area contributed by atoms with Gasteiger partial charge in [-0.1, -0.05) is 98.1 Å². The van der Waals surface area contributed by atoms with E-state index in [2.05, 4.69) is 120 Å². The lowest BCUT2D eigenvalue weighted by atomic mass is 9.79. The van der Waals surface area contributed by atoms with Gasteiger partial charge in [0.1, 0.15) is 5.69 Å². The summed E-state index contributed by atoms with van der Waals surface area (Å²) in [4.78, 5) is 12.7. The Morgan fingerprint density at radius 1 is 0.780 bits per heavy atom. The highest BCUT2D eigenvalue weighted by molar-refractivity contribution is 7.15. The van der Waals surface area contributed by atoms with Crippen molar-refractivity contribution in [3.8, 4) is 22.0 Å². The molecule has 2 aromatic carbocycles. The highest BCUT2D eigenvalue weighted by Crippen LogP contribution is 2.34. The summed E-state index contributed by atoms with van der Waals surface area (Å²) in [5, 5.41) is 0. The molecular weight excluding hydrogens is 518 g/mol. The summed E-state index contributed by atoms with van der Waals surface area (Å²) >= 11 is 1.91. The summed E-state index contributed by atoms with van der Waals surface area (Å²) in [6.45, 7) is 16.8. The quantitative estimate of drug-likeness (QED) is 0.167. The van der Waals surface area contributed by atoms with Gasteiger partial charge in [0.2, 0.25) is 0 Å². The third-order valence-corrected chi connectivity index (χ3v) is 9.13. The Morgan fingerprint density at radius 2 is 1.51 bits per heavy atom. The Labute approximate surface area is 250 Å². The van der Waals surface area contributed by atoms with Crippen LogP contribution < -0.4 is 0 Å². The standard InChI is InChI=1S/C37H45N3S/c1-8-9-10-11-14-30-17-18-34(41-30)27-19-20-38-32(23-27)35-39-31-15-12-13-16-33(31)40(35)25-26-21-28(36(2,3)4)24-29(22-26)37(5,6)7/h12-13,15-24H,8-11,14,25H2,1-7H3. The lowest BCUT2D eigenvalue weighted by Crippen LogP contribution is -2.17. The third kappa shape index (κ3) is 6.81. The van der Waals surface area contributed by atoms with E-state index in [1.54, 1.807) is 0 Å². The van der Waals surface area contributed by atoms with Crippen molar-refractivity contribution in [1.82, 2.24) is 14.5 Å². The van der Waals surface area contributed by atoms with Crippen molar-refractivity contribution in [3.05, 3.63) is 94.5 Å². The van der Waals surface area contributed by atoms with Crippen molar-refractivity contribution in [2.45, 2.75) is 97.9 Å². The first kappa shape index (κ1) is 29.3. The van der Waals surface area contributed by atoms with Crippen LogP contribution >= 0.6 is 11.3 Å². The molecule has 0 amide bonds. The number of rotatable bonds is 9. The highest BCUT2D eigenvalue weighted by atomic mass is 32.1. The number of nitrogens with zero attached hydrogens (tertiary/aromatic N) is 3. The number of aryl methyl sites for hydroxylation is 1.